The molecule has 30 heavy (non-hydrogen) atoms. The molecule has 0 aliphatic carbocycles. The van der Waals surface area contributed by atoms with Crippen LogP contribution in [-0.2, 0) is 20.6 Å². The van der Waals surface area contributed by atoms with Crippen LogP contribution in [0.25, 0.3) is 0 Å². The van der Waals surface area contributed by atoms with E-state index in [1.54, 1.807) is 23.9 Å². The standard InChI is InChI=1S/C22H27ClN2O3S2/c1-17-5-2-3-6-19(17)16-29-14-12-24-22(26)18-7-4-13-25(15-18)30(27,28)21-10-8-20(23)9-11-21/h2-3,5-6,8-11,18H,4,7,12-16H2,1H3,(H,24,26)/t18-/m0/s1. The molecule has 3 rings (SSSR count). The van der Waals surface area contributed by atoms with E-state index in [1.807, 2.05) is 12.1 Å². The highest BCUT2D eigenvalue weighted by atomic mass is 35.5. The Bertz CT molecular complexity index is 965. The summed E-state index contributed by atoms with van der Waals surface area (Å²) in [5, 5.41) is 3.46. The van der Waals surface area contributed by atoms with Gasteiger partial charge in [0.1, 0.15) is 0 Å². The number of piperidine rings is 1. The lowest BCUT2D eigenvalue weighted by Crippen LogP contribution is -2.45. The first-order valence-electron chi connectivity index (χ1n) is 10.0. The lowest BCUT2D eigenvalue weighted by molar-refractivity contribution is -0.125. The monoisotopic (exact) mass is 466 g/mol. The molecule has 1 saturated heterocycles. The molecule has 162 valence electrons. The predicted molar refractivity (Wildman–Crippen MR) is 123 cm³/mol. The summed E-state index contributed by atoms with van der Waals surface area (Å²) in [6, 6.07) is 14.4. The summed E-state index contributed by atoms with van der Waals surface area (Å²) in [5.74, 6) is 1.35. The van der Waals surface area contributed by atoms with Crippen molar-refractivity contribution in [3.63, 3.8) is 0 Å². The molecule has 0 unspecified atom stereocenters. The van der Waals surface area contributed by atoms with Crippen molar-refractivity contribution >= 4 is 39.3 Å². The number of hydrogen-bond acceptors (Lipinski definition) is 4. The number of halogens is 1. The van der Waals surface area contributed by atoms with Crippen molar-refractivity contribution in [1.82, 2.24) is 9.62 Å². The molecule has 1 N–H and O–H groups in total. The maximum Gasteiger partial charge on any atom is 0.243 e. The van der Waals surface area contributed by atoms with Crippen molar-refractivity contribution < 1.29 is 13.2 Å². The van der Waals surface area contributed by atoms with Gasteiger partial charge in [-0.2, -0.15) is 16.1 Å². The van der Waals surface area contributed by atoms with E-state index >= 15 is 0 Å². The van der Waals surface area contributed by atoms with E-state index in [0.717, 1.165) is 11.5 Å². The van der Waals surface area contributed by atoms with E-state index in [9.17, 15) is 13.2 Å². The second-order valence-electron chi connectivity index (χ2n) is 7.43. The topological polar surface area (TPSA) is 66.5 Å². The third-order valence-electron chi connectivity index (χ3n) is 5.27. The number of amides is 1. The highest BCUT2D eigenvalue weighted by molar-refractivity contribution is 7.98. The van der Waals surface area contributed by atoms with Gasteiger partial charge in [0.25, 0.3) is 0 Å². The van der Waals surface area contributed by atoms with Crippen LogP contribution in [-0.4, -0.2) is 44.0 Å². The molecule has 2 aromatic rings. The van der Waals surface area contributed by atoms with Crippen LogP contribution in [0, 0.1) is 12.8 Å². The largest absolute Gasteiger partial charge is 0.355 e. The summed E-state index contributed by atoms with van der Waals surface area (Å²) in [6.07, 6.45) is 1.38. The van der Waals surface area contributed by atoms with Crippen LogP contribution in [0.1, 0.15) is 24.0 Å². The van der Waals surface area contributed by atoms with Gasteiger partial charge in [0.15, 0.2) is 0 Å². The van der Waals surface area contributed by atoms with E-state index in [1.165, 1.54) is 27.6 Å². The Morgan fingerprint density at radius 2 is 1.93 bits per heavy atom. The van der Waals surface area contributed by atoms with Gasteiger partial charge in [0.2, 0.25) is 15.9 Å². The number of benzene rings is 2. The summed E-state index contributed by atoms with van der Waals surface area (Å²) in [5.41, 5.74) is 2.59. The van der Waals surface area contributed by atoms with Gasteiger partial charge in [-0.25, -0.2) is 8.42 Å². The number of aryl methyl sites for hydroxylation is 1. The molecule has 0 aromatic heterocycles. The Morgan fingerprint density at radius 1 is 1.20 bits per heavy atom. The van der Waals surface area contributed by atoms with Gasteiger partial charge in [-0.05, 0) is 55.2 Å². The third-order valence-corrected chi connectivity index (χ3v) is 8.41. The number of carbonyl (C=O) groups excluding carboxylic acids is 1. The molecule has 1 fully saturated rings. The minimum Gasteiger partial charge on any atom is -0.355 e. The second-order valence-corrected chi connectivity index (χ2v) is 10.9. The fraction of sp³-hybridized carbons (Fsp3) is 0.409. The number of sulfonamides is 1. The Kier molecular flexibility index (Phi) is 8.22. The zero-order valence-electron chi connectivity index (χ0n) is 17.0. The number of carbonyl (C=O) groups is 1. The molecule has 1 aliphatic heterocycles. The van der Waals surface area contributed by atoms with Crippen molar-refractivity contribution in [3.05, 3.63) is 64.7 Å². The first-order valence-corrected chi connectivity index (χ1v) is 13.0. The molecule has 0 saturated carbocycles. The van der Waals surface area contributed by atoms with Gasteiger partial charge in [-0.15, -0.1) is 0 Å². The molecular weight excluding hydrogens is 440 g/mol. The van der Waals surface area contributed by atoms with Crippen molar-refractivity contribution in [2.45, 2.75) is 30.4 Å². The first kappa shape index (κ1) is 23.1. The Labute approximate surface area is 188 Å². The van der Waals surface area contributed by atoms with Crippen LogP contribution >= 0.6 is 23.4 Å². The molecule has 1 heterocycles. The Hall–Kier alpha value is -1.54. The van der Waals surface area contributed by atoms with Gasteiger partial charge in [0.05, 0.1) is 10.8 Å². The molecule has 0 bridgehead atoms. The molecule has 1 amide bonds. The minimum atomic E-state index is -3.62. The summed E-state index contributed by atoms with van der Waals surface area (Å²) < 4.78 is 27.2. The summed E-state index contributed by atoms with van der Waals surface area (Å²) >= 11 is 7.64. The van der Waals surface area contributed by atoms with Crippen molar-refractivity contribution in [2.24, 2.45) is 5.92 Å². The number of thioether (sulfide) groups is 1. The molecule has 1 aliphatic rings. The van der Waals surface area contributed by atoms with E-state index in [-0.39, 0.29) is 23.3 Å². The predicted octanol–water partition coefficient (Wildman–Crippen LogP) is 4.10. The summed E-state index contributed by atoms with van der Waals surface area (Å²) in [7, 11) is -3.62. The molecule has 1 atom stereocenters. The lowest BCUT2D eigenvalue weighted by Gasteiger charge is -2.31. The van der Waals surface area contributed by atoms with Crippen LogP contribution in [0.4, 0.5) is 0 Å². The molecule has 5 nitrogen and oxygen atoms in total. The molecule has 8 heteroatoms. The number of rotatable bonds is 8. The second kappa shape index (κ2) is 10.7. The highest BCUT2D eigenvalue weighted by Gasteiger charge is 2.33. The average molecular weight is 467 g/mol. The van der Waals surface area contributed by atoms with E-state index in [2.05, 4.69) is 24.4 Å². The van der Waals surface area contributed by atoms with Crippen molar-refractivity contribution in [2.75, 3.05) is 25.4 Å². The lowest BCUT2D eigenvalue weighted by atomic mass is 9.99. The van der Waals surface area contributed by atoms with Gasteiger partial charge >= 0.3 is 0 Å². The maximum absolute atomic E-state index is 12.9. The van der Waals surface area contributed by atoms with E-state index in [0.29, 0.717) is 31.0 Å². The Morgan fingerprint density at radius 3 is 2.67 bits per heavy atom. The van der Waals surface area contributed by atoms with Gasteiger partial charge in [-0.3, -0.25) is 4.79 Å². The SMILES string of the molecule is Cc1ccccc1CSCCNC(=O)[C@H]1CCCN(S(=O)(=O)c2ccc(Cl)cc2)C1. The van der Waals surface area contributed by atoms with Gasteiger partial charge in [0, 0.05) is 36.2 Å². The van der Waals surface area contributed by atoms with Gasteiger partial charge in [-0.1, -0.05) is 35.9 Å². The van der Waals surface area contributed by atoms with Crippen molar-refractivity contribution in [3.8, 4) is 0 Å². The van der Waals surface area contributed by atoms with Crippen molar-refractivity contribution in [1.29, 1.82) is 0 Å². The molecule has 2 aromatic carbocycles. The smallest absolute Gasteiger partial charge is 0.243 e. The van der Waals surface area contributed by atoms with Crippen LogP contribution in [0.3, 0.4) is 0 Å². The average Bonchev–Trinajstić information content (AvgIpc) is 2.75. The van der Waals surface area contributed by atoms with Crippen LogP contribution in [0.5, 0.6) is 0 Å². The number of hydrogen-bond donors (Lipinski definition) is 1. The molecular formula is C22H27ClN2O3S2. The van der Waals surface area contributed by atoms with Crippen LogP contribution < -0.4 is 5.32 Å². The molecule has 0 spiro atoms. The van der Waals surface area contributed by atoms with Gasteiger partial charge < -0.3 is 5.32 Å². The zero-order chi connectivity index (χ0) is 21.6. The third kappa shape index (κ3) is 6.00. The minimum absolute atomic E-state index is 0.0671. The fourth-order valence-electron chi connectivity index (χ4n) is 3.48. The summed E-state index contributed by atoms with van der Waals surface area (Å²) in [4.78, 5) is 12.8. The van der Waals surface area contributed by atoms with E-state index < -0.39 is 10.0 Å². The van der Waals surface area contributed by atoms with E-state index in [4.69, 9.17) is 11.6 Å². The zero-order valence-corrected chi connectivity index (χ0v) is 19.4. The highest BCUT2D eigenvalue weighted by Crippen LogP contribution is 2.25. The molecule has 0 radical (unpaired) electrons. The quantitative estimate of drug-likeness (QED) is 0.595. The number of nitrogens with zero attached hydrogens (tertiary/aromatic N) is 1. The summed E-state index contributed by atoms with van der Waals surface area (Å²) in [6.45, 7) is 3.33. The first-order chi connectivity index (χ1) is 14.4. The maximum atomic E-state index is 12.9. The Balaban J connectivity index is 1.47. The normalized spacial score (nSPS) is 17.6. The number of nitrogens with one attached hydrogen (secondary N) is 1. The van der Waals surface area contributed by atoms with Crippen LogP contribution in [0.15, 0.2) is 53.4 Å². The fourth-order valence-corrected chi connectivity index (χ4v) is 6.06. The van der Waals surface area contributed by atoms with Crippen LogP contribution in [0.2, 0.25) is 5.02 Å².